The number of benzene rings is 2. The van der Waals surface area contributed by atoms with Crippen LogP contribution >= 0.6 is 39.7 Å². The van der Waals surface area contributed by atoms with Gasteiger partial charge in [-0.2, -0.15) is 0 Å². The van der Waals surface area contributed by atoms with Crippen molar-refractivity contribution in [2.75, 3.05) is 0 Å². The molecule has 0 heterocycles. The predicted octanol–water partition coefficient (Wildman–Crippen LogP) is 4.45. The minimum Gasteiger partial charge on any atom is -0.486 e. The average Bonchev–Trinajstić information content (AvgIpc) is 2.40. The topological polar surface area (TPSA) is 35.2 Å². The average molecular weight is 375 g/mol. The van der Waals surface area contributed by atoms with Gasteiger partial charge in [-0.25, -0.2) is 4.39 Å². The Morgan fingerprint density at radius 2 is 2.10 bits per heavy atom. The summed E-state index contributed by atoms with van der Waals surface area (Å²) < 4.78 is 19.7. The van der Waals surface area contributed by atoms with Crippen LogP contribution in [0.3, 0.4) is 0 Å². The fourth-order valence-electron chi connectivity index (χ4n) is 1.62. The lowest BCUT2D eigenvalue weighted by molar-refractivity contribution is 0.289. The monoisotopic (exact) mass is 373 g/mol. The van der Waals surface area contributed by atoms with E-state index in [9.17, 15) is 4.39 Å². The molecule has 0 fully saturated rings. The van der Waals surface area contributed by atoms with Gasteiger partial charge in [0.05, 0.1) is 4.47 Å². The number of hydrogen-bond acceptors (Lipinski definition) is 2. The Morgan fingerprint density at radius 1 is 1.35 bits per heavy atom. The summed E-state index contributed by atoms with van der Waals surface area (Å²) in [7, 11) is 0. The van der Waals surface area contributed by atoms with Gasteiger partial charge in [0, 0.05) is 10.6 Å². The van der Waals surface area contributed by atoms with Gasteiger partial charge < -0.3 is 10.5 Å². The summed E-state index contributed by atoms with van der Waals surface area (Å²) in [5.41, 5.74) is 6.79. The summed E-state index contributed by atoms with van der Waals surface area (Å²) in [5, 5.41) is 0.608. The molecule has 0 aromatic heterocycles. The molecule has 0 saturated carbocycles. The van der Waals surface area contributed by atoms with Crippen LogP contribution in [-0.4, -0.2) is 4.99 Å². The smallest absolute Gasteiger partial charge is 0.179 e. The second-order valence-electron chi connectivity index (χ2n) is 4.02. The molecule has 0 bridgehead atoms. The maximum Gasteiger partial charge on any atom is 0.179 e. The van der Waals surface area contributed by atoms with Gasteiger partial charge in [0.2, 0.25) is 0 Å². The van der Waals surface area contributed by atoms with Crippen molar-refractivity contribution in [1.29, 1.82) is 0 Å². The Kier molecular flexibility index (Phi) is 4.96. The Morgan fingerprint density at radius 3 is 2.75 bits per heavy atom. The third-order valence-electron chi connectivity index (χ3n) is 2.60. The van der Waals surface area contributed by atoms with Gasteiger partial charge in [-0.05, 0) is 45.8 Å². The van der Waals surface area contributed by atoms with Crippen molar-refractivity contribution in [2.24, 2.45) is 5.73 Å². The SMILES string of the molecule is NC(=S)c1ccc(OCc2cccc(Cl)c2)c(F)c1Br. The highest BCUT2D eigenvalue weighted by Gasteiger charge is 2.14. The minimum atomic E-state index is -0.530. The number of thiocarbonyl (C=S) groups is 1. The first-order valence-corrected chi connectivity index (χ1v) is 7.22. The van der Waals surface area contributed by atoms with Crippen LogP contribution in [0.1, 0.15) is 11.1 Å². The van der Waals surface area contributed by atoms with Crippen molar-refractivity contribution in [3.8, 4) is 5.75 Å². The molecule has 0 amide bonds. The molecule has 2 nitrogen and oxygen atoms in total. The van der Waals surface area contributed by atoms with E-state index in [-0.39, 0.29) is 21.8 Å². The molecule has 0 radical (unpaired) electrons. The summed E-state index contributed by atoms with van der Waals surface area (Å²) in [6, 6.07) is 10.3. The van der Waals surface area contributed by atoms with E-state index in [1.165, 1.54) is 6.07 Å². The summed E-state index contributed by atoms with van der Waals surface area (Å²) in [6.07, 6.45) is 0. The van der Waals surface area contributed by atoms with Gasteiger partial charge in [0.15, 0.2) is 11.6 Å². The van der Waals surface area contributed by atoms with Gasteiger partial charge in [-0.15, -0.1) is 0 Å². The van der Waals surface area contributed by atoms with Gasteiger partial charge in [-0.3, -0.25) is 0 Å². The van der Waals surface area contributed by atoms with Crippen LogP contribution < -0.4 is 10.5 Å². The third kappa shape index (κ3) is 3.48. The van der Waals surface area contributed by atoms with Gasteiger partial charge in [0.1, 0.15) is 11.6 Å². The van der Waals surface area contributed by atoms with Crippen LogP contribution in [-0.2, 0) is 6.61 Å². The van der Waals surface area contributed by atoms with Crippen molar-refractivity contribution in [2.45, 2.75) is 6.61 Å². The molecule has 0 aliphatic carbocycles. The Labute approximate surface area is 134 Å². The zero-order valence-corrected chi connectivity index (χ0v) is 13.4. The molecule has 0 aliphatic rings. The largest absolute Gasteiger partial charge is 0.486 e. The van der Waals surface area contributed by atoms with E-state index in [2.05, 4.69) is 15.9 Å². The van der Waals surface area contributed by atoms with E-state index < -0.39 is 5.82 Å². The van der Waals surface area contributed by atoms with Crippen molar-refractivity contribution in [3.63, 3.8) is 0 Å². The van der Waals surface area contributed by atoms with Crippen molar-refractivity contribution >= 4 is 44.7 Å². The van der Waals surface area contributed by atoms with E-state index in [0.717, 1.165) is 5.56 Å². The lowest BCUT2D eigenvalue weighted by Crippen LogP contribution is -2.11. The summed E-state index contributed by atoms with van der Waals surface area (Å²) in [5.74, 6) is -0.408. The number of hydrogen-bond donors (Lipinski definition) is 1. The summed E-state index contributed by atoms with van der Waals surface area (Å²) in [6.45, 7) is 0.219. The van der Waals surface area contributed by atoms with E-state index in [0.29, 0.717) is 10.6 Å². The first-order valence-electron chi connectivity index (χ1n) is 5.64. The normalized spacial score (nSPS) is 10.3. The number of halogens is 3. The Hall–Kier alpha value is -1.17. The van der Waals surface area contributed by atoms with Crippen LogP contribution in [0, 0.1) is 5.82 Å². The zero-order valence-electron chi connectivity index (χ0n) is 10.2. The van der Waals surface area contributed by atoms with E-state index in [4.69, 9.17) is 34.3 Å². The molecule has 0 aliphatic heterocycles. The van der Waals surface area contributed by atoms with Crippen LogP contribution in [0.25, 0.3) is 0 Å². The molecular weight excluding hydrogens is 365 g/mol. The maximum absolute atomic E-state index is 14.1. The lowest BCUT2D eigenvalue weighted by atomic mass is 10.2. The molecule has 0 spiro atoms. The lowest BCUT2D eigenvalue weighted by Gasteiger charge is -2.11. The Balaban J connectivity index is 2.18. The van der Waals surface area contributed by atoms with Crippen molar-refractivity contribution in [1.82, 2.24) is 0 Å². The molecule has 20 heavy (non-hydrogen) atoms. The molecule has 2 aromatic carbocycles. The van der Waals surface area contributed by atoms with E-state index >= 15 is 0 Å². The second-order valence-corrected chi connectivity index (χ2v) is 5.69. The fraction of sp³-hybridized carbons (Fsp3) is 0.0714. The number of ether oxygens (including phenoxy) is 1. The standard InChI is InChI=1S/C14H10BrClFNOS/c15-12-10(14(18)20)4-5-11(13(12)17)19-7-8-2-1-3-9(16)6-8/h1-6H,7H2,(H2,18,20). The van der Waals surface area contributed by atoms with Crippen LogP contribution in [0.5, 0.6) is 5.75 Å². The van der Waals surface area contributed by atoms with Gasteiger partial charge in [0.25, 0.3) is 0 Å². The minimum absolute atomic E-state index is 0.122. The number of nitrogens with two attached hydrogens (primary N) is 1. The first-order chi connectivity index (χ1) is 9.49. The highest BCUT2D eigenvalue weighted by atomic mass is 79.9. The van der Waals surface area contributed by atoms with Gasteiger partial charge >= 0.3 is 0 Å². The van der Waals surface area contributed by atoms with E-state index in [1.54, 1.807) is 18.2 Å². The quantitative estimate of drug-likeness (QED) is 0.803. The van der Waals surface area contributed by atoms with Crippen LogP contribution in [0.4, 0.5) is 4.39 Å². The predicted molar refractivity (Wildman–Crippen MR) is 85.8 cm³/mol. The van der Waals surface area contributed by atoms with Gasteiger partial charge in [-0.1, -0.05) is 36.0 Å². The molecule has 2 aromatic rings. The molecule has 6 heteroatoms. The highest BCUT2D eigenvalue weighted by Crippen LogP contribution is 2.29. The summed E-state index contributed by atoms with van der Waals surface area (Å²) in [4.78, 5) is 0.122. The molecule has 2 N–H and O–H groups in total. The van der Waals surface area contributed by atoms with Crippen LogP contribution in [0.15, 0.2) is 40.9 Å². The zero-order chi connectivity index (χ0) is 14.7. The highest BCUT2D eigenvalue weighted by molar-refractivity contribution is 9.10. The fourth-order valence-corrected chi connectivity index (χ4v) is 2.68. The molecular formula is C14H10BrClFNOS. The second kappa shape index (κ2) is 6.52. The molecule has 2 rings (SSSR count). The maximum atomic E-state index is 14.1. The molecule has 0 unspecified atom stereocenters. The Bertz CT molecular complexity index is 666. The number of rotatable bonds is 4. The third-order valence-corrected chi connectivity index (χ3v) is 3.83. The molecule has 104 valence electrons. The van der Waals surface area contributed by atoms with Crippen molar-refractivity contribution in [3.05, 3.63) is 62.8 Å². The van der Waals surface area contributed by atoms with Crippen LogP contribution in [0.2, 0.25) is 5.02 Å². The first kappa shape index (κ1) is 15.2. The molecule has 0 saturated heterocycles. The van der Waals surface area contributed by atoms with E-state index in [1.807, 2.05) is 12.1 Å². The molecule has 0 atom stereocenters. The summed E-state index contributed by atoms with van der Waals surface area (Å²) >= 11 is 13.8. The van der Waals surface area contributed by atoms with Crippen molar-refractivity contribution < 1.29 is 9.13 Å².